The van der Waals surface area contributed by atoms with E-state index in [-0.39, 0.29) is 5.56 Å². The number of rotatable bonds is 2. The quantitative estimate of drug-likeness (QED) is 0.450. The molecule has 1 heterocycles. The average molecular weight is 222 g/mol. The van der Waals surface area contributed by atoms with Gasteiger partial charge < -0.3 is 21.5 Å². The number of benzene rings is 1. The van der Waals surface area contributed by atoms with Gasteiger partial charge in [-0.05, 0) is 18.2 Å². The summed E-state index contributed by atoms with van der Waals surface area (Å²) in [6.45, 7) is 0. The lowest BCUT2D eigenvalue weighted by Gasteiger charge is -2.19. The van der Waals surface area contributed by atoms with Crippen molar-refractivity contribution in [2.75, 3.05) is 10.6 Å². The lowest BCUT2D eigenvalue weighted by atomic mass is 10.2. The number of hydrogen-bond acceptors (Lipinski definition) is 5. The van der Waals surface area contributed by atoms with Crippen molar-refractivity contribution in [1.82, 2.24) is 0 Å². The van der Waals surface area contributed by atoms with Crippen LogP contribution in [0.4, 0.5) is 11.4 Å². The monoisotopic (exact) mass is 222 g/mol. The van der Waals surface area contributed by atoms with Crippen LogP contribution in [-0.4, -0.2) is 22.8 Å². The van der Waals surface area contributed by atoms with Crippen LogP contribution in [-0.2, 0) is 4.79 Å². The number of hydrogen-bond donors (Lipinski definition) is 5. The molecule has 0 saturated carbocycles. The molecule has 0 aliphatic carbocycles. The van der Waals surface area contributed by atoms with Crippen molar-refractivity contribution < 1.29 is 14.7 Å². The summed E-state index contributed by atoms with van der Waals surface area (Å²) in [6.07, 6.45) is 0. The molecular formula is C9H10N4O3. The van der Waals surface area contributed by atoms with Crippen molar-refractivity contribution in [1.29, 1.82) is 0 Å². The van der Waals surface area contributed by atoms with Gasteiger partial charge in [-0.2, -0.15) is 0 Å². The Labute approximate surface area is 90.4 Å². The van der Waals surface area contributed by atoms with Crippen LogP contribution >= 0.6 is 0 Å². The van der Waals surface area contributed by atoms with Crippen LogP contribution in [0.15, 0.2) is 18.2 Å². The fourth-order valence-electron chi connectivity index (χ4n) is 1.47. The number of anilines is 2. The first kappa shape index (κ1) is 10.2. The molecule has 0 bridgehead atoms. The molecule has 1 aliphatic heterocycles. The first-order valence-corrected chi connectivity index (χ1v) is 4.45. The Balaban J connectivity index is 2.38. The topological polar surface area (TPSA) is 130 Å². The number of carbonyl (C=O) groups is 2. The number of nitrogens with one attached hydrogen (secondary N) is 2. The fraction of sp³-hybridized carbons (Fsp3) is 0.111. The van der Waals surface area contributed by atoms with Gasteiger partial charge in [-0.1, -0.05) is 0 Å². The predicted molar refractivity (Wildman–Crippen MR) is 56.8 cm³/mol. The molecule has 1 amide bonds. The molecule has 1 atom stereocenters. The Kier molecular flexibility index (Phi) is 1.99. The fourth-order valence-corrected chi connectivity index (χ4v) is 1.47. The Morgan fingerprint density at radius 1 is 1.25 bits per heavy atom. The van der Waals surface area contributed by atoms with Crippen molar-refractivity contribution in [3.8, 4) is 0 Å². The molecule has 0 saturated heterocycles. The third-order valence-electron chi connectivity index (χ3n) is 2.31. The van der Waals surface area contributed by atoms with Gasteiger partial charge in [0.05, 0.1) is 11.4 Å². The molecule has 84 valence electrons. The van der Waals surface area contributed by atoms with E-state index in [2.05, 4.69) is 10.6 Å². The number of carboxylic acids is 1. The number of amides is 1. The maximum atomic E-state index is 10.9. The number of nitrogens with two attached hydrogens (primary N) is 2. The first-order chi connectivity index (χ1) is 7.42. The minimum atomic E-state index is -1.75. The van der Waals surface area contributed by atoms with E-state index in [4.69, 9.17) is 16.6 Å². The normalized spacial score (nSPS) is 21.8. The zero-order valence-electron chi connectivity index (χ0n) is 8.15. The van der Waals surface area contributed by atoms with Gasteiger partial charge in [0.1, 0.15) is 0 Å². The third-order valence-corrected chi connectivity index (χ3v) is 2.31. The zero-order valence-corrected chi connectivity index (χ0v) is 8.15. The van der Waals surface area contributed by atoms with E-state index < -0.39 is 17.7 Å². The van der Waals surface area contributed by atoms with E-state index in [0.29, 0.717) is 11.4 Å². The minimum Gasteiger partial charge on any atom is -0.477 e. The number of fused-ring (bicyclic) bond motifs is 1. The molecule has 1 unspecified atom stereocenters. The van der Waals surface area contributed by atoms with Crippen molar-refractivity contribution in [3.05, 3.63) is 23.8 Å². The highest BCUT2D eigenvalue weighted by Crippen LogP contribution is 2.32. The maximum Gasteiger partial charge on any atom is 0.366 e. The van der Waals surface area contributed by atoms with Gasteiger partial charge in [0.15, 0.2) is 0 Å². The molecule has 7 heteroatoms. The van der Waals surface area contributed by atoms with Crippen molar-refractivity contribution in [2.45, 2.75) is 5.79 Å². The van der Waals surface area contributed by atoms with Crippen LogP contribution in [0.5, 0.6) is 0 Å². The van der Waals surface area contributed by atoms with Crippen molar-refractivity contribution in [2.24, 2.45) is 11.5 Å². The maximum absolute atomic E-state index is 10.9. The van der Waals surface area contributed by atoms with E-state index in [9.17, 15) is 9.59 Å². The second-order valence-corrected chi connectivity index (χ2v) is 3.49. The summed E-state index contributed by atoms with van der Waals surface area (Å²) in [5.41, 5.74) is 11.9. The SMILES string of the molecule is NC(=O)c1ccc2c(c1)NC(N)(C(=O)O)N2. The van der Waals surface area contributed by atoms with Crippen LogP contribution < -0.4 is 22.1 Å². The van der Waals surface area contributed by atoms with Crippen LogP contribution in [0, 0.1) is 0 Å². The van der Waals surface area contributed by atoms with Crippen LogP contribution in [0.3, 0.4) is 0 Å². The number of primary amides is 1. The molecule has 0 fully saturated rings. The standard InChI is InChI=1S/C9H10N4O3/c10-7(14)4-1-2-5-6(3-4)13-9(11,12-5)8(15)16/h1-3,12-13H,11H2,(H2,10,14)(H,15,16). The van der Waals surface area contributed by atoms with E-state index in [1.807, 2.05) is 0 Å². The van der Waals surface area contributed by atoms with E-state index >= 15 is 0 Å². The van der Waals surface area contributed by atoms with Gasteiger partial charge in [0.2, 0.25) is 5.91 Å². The number of carboxylic acid groups (broad SMARTS) is 1. The van der Waals surface area contributed by atoms with Gasteiger partial charge in [0, 0.05) is 5.56 Å². The average Bonchev–Trinajstić information content (AvgIpc) is 2.54. The van der Waals surface area contributed by atoms with Crippen molar-refractivity contribution >= 4 is 23.3 Å². The van der Waals surface area contributed by atoms with Gasteiger partial charge in [-0.3, -0.25) is 10.5 Å². The third kappa shape index (κ3) is 1.43. The summed E-state index contributed by atoms with van der Waals surface area (Å²) >= 11 is 0. The van der Waals surface area contributed by atoms with Crippen molar-refractivity contribution in [3.63, 3.8) is 0 Å². The minimum absolute atomic E-state index is 0.280. The molecule has 7 N–H and O–H groups in total. The molecule has 0 aromatic heterocycles. The summed E-state index contributed by atoms with van der Waals surface area (Å²) in [4.78, 5) is 21.8. The molecule has 0 radical (unpaired) electrons. The highest BCUT2D eigenvalue weighted by atomic mass is 16.4. The van der Waals surface area contributed by atoms with E-state index in [1.54, 1.807) is 6.07 Å². The summed E-state index contributed by atoms with van der Waals surface area (Å²) in [6, 6.07) is 4.48. The predicted octanol–water partition coefficient (Wildman–Crippen LogP) is -0.680. The Morgan fingerprint density at radius 3 is 2.44 bits per heavy atom. The molecule has 0 spiro atoms. The highest BCUT2D eigenvalue weighted by Gasteiger charge is 2.39. The van der Waals surface area contributed by atoms with Crippen LogP contribution in [0.25, 0.3) is 0 Å². The second-order valence-electron chi connectivity index (χ2n) is 3.49. The summed E-state index contributed by atoms with van der Waals surface area (Å²) < 4.78 is 0. The second kappa shape index (κ2) is 3.11. The van der Waals surface area contributed by atoms with Gasteiger partial charge in [0.25, 0.3) is 5.79 Å². The summed E-state index contributed by atoms with van der Waals surface area (Å²) in [7, 11) is 0. The van der Waals surface area contributed by atoms with Gasteiger partial charge >= 0.3 is 5.97 Å². The summed E-state index contributed by atoms with van der Waals surface area (Å²) in [5.74, 6) is -3.59. The molecule has 7 nitrogen and oxygen atoms in total. The molecule has 2 rings (SSSR count). The lowest BCUT2D eigenvalue weighted by molar-refractivity contribution is -0.141. The molecule has 1 aromatic carbocycles. The molecule has 1 aromatic rings. The number of aliphatic carboxylic acids is 1. The largest absolute Gasteiger partial charge is 0.477 e. The van der Waals surface area contributed by atoms with E-state index in [0.717, 1.165) is 0 Å². The van der Waals surface area contributed by atoms with Crippen LogP contribution in [0.1, 0.15) is 10.4 Å². The van der Waals surface area contributed by atoms with E-state index in [1.165, 1.54) is 12.1 Å². The first-order valence-electron chi connectivity index (χ1n) is 4.45. The smallest absolute Gasteiger partial charge is 0.366 e. The number of carbonyl (C=O) groups excluding carboxylic acids is 1. The Morgan fingerprint density at radius 2 is 1.88 bits per heavy atom. The molecule has 1 aliphatic rings. The Hall–Kier alpha value is -2.28. The lowest BCUT2D eigenvalue weighted by Crippen LogP contribution is -2.57. The van der Waals surface area contributed by atoms with Gasteiger partial charge in [-0.25, -0.2) is 4.79 Å². The van der Waals surface area contributed by atoms with Gasteiger partial charge in [-0.15, -0.1) is 0 Å². The summed E-state index contributed by atoms with van der Waals surface area (Å²) in [5, 5.41) is 14.0. The Bertz CT molecular complexity index is 488. The molecular weight excluding hydrogens is 212 g/mol. The molecule has 16 heavy (non-hydrogen) atoms. The zero-order chi connectivity index (χ0) is 11.9. The highest BCUT2D eigenvalue weighted by molar-refractivity contribution is 5.98. The van der Waals surface area contributed by atoms with Crippen LogP contribution in [0.2, 0.25) is 0 Å².